The van der Waals surface area contributed by atoms with Gasteiger partial charge < -0.3 is 0 Å². The molecule has 0 aromatic heterocycles. The minimum Gasteiger partial charge on any atom is -0.278 e. The van der Waals surface area contributed by atoms with Crippen molar-refractivity contribution >= 4 is 29.1 Å². The Morgan fingerprint density at radius 2 is 1.86 bits per heavy atom. The second kappa shape index (κ2) is 4.27. The van der Waals surface area contributed by atoms with Crippen LogP contribution in [0.25, 0.3) is 0 Å². The van der Waals surface area contributed by atoms with Crippen molar-refractivity contribution in [2.45, 2.75) is 20.4 Å². The van der Waals surface area contributed by atoms with E-state index in [1.165, 1.54) is 18.2 Å². The van der Waals surface area contributed by atoms with Gasteiger partial charge in [0.1, 0.15) is 0 Å². The zero-order valence-corrected chi connectivity index (χ0v) is 12.3. The molecule has 0 bridgehead atoms. The zero-order chi connectivity index (χ0) is 15.5. The van der Waals surface area contributed by atoms with E-state index in [1.807, 2.05) is 13.8 Å². The summed E-state index contributed by atoms with van der Waals surface area (Å²) in [7, 11) is 0. The molecule has 110 valence electrons. The topological polar surface area (TPSA) is 80.5 Å². The molecule has 3 rings (SSSR count). The van der Waals surface area contributed by atoms with Crippen LogP contribution in [0.3, 0.4) is 0 Å². The Balaban J connectivity index is 1.86. The number of halogens is 1. The van der Waals surface area contributed by atoms with Gasteiger partial charge in [0.05, 0.1) is 23.3 Å². The number of benzene rings is 1. The Morgan fingerprint density at radius 3 is 2.38 bits per heavy atom. The fraction of sp³-hybridized carbons (Fsp3) is 0.429. The number of carbonyl (C=O) groups is 2. The molecule has 21 heavy (non-hydrogen) atoms. The maximum atomic E-state index is 12.2. The Kier molecular flexibility index (Phi) is 2.85. The van der Waals surface area contributed by atoms with Gasteiger partial charge >= 0.3 is 0 Å². The van der Waals surface area contributed by atoms with Gasteiger partial charge in [0.15, 0.2) is 0 Å². The van der Waals surface area contributed by atoms with E-state index >= 15 is 0 Å². The van der Waals surface area contributed by atoms with Crippen LogP contribution in [-0.2, 0) is 16.1 Å². The number of nitro groups is 1. The van der Waals surface area contributed by atoms with Crippen molar-refractivity contribution in [2.24, 2.45) is 17.3 Å². The van der Waals surface area contributed by atoms with E-state index in [1.54, 1.807) is 0 Å². The van der Waals surface area contributed by atoms with Crippen LogP contribution in [0, 0.1) is 27.4 Å². The van der Waals surface area contributed by atoms with E-state index < -0.39 is 4.92 Å². The van der Waals surface area contributed by atoms with Gasteiger partial charge in [-0.15, -0.1) is 0 Å². The van der Waals surface area contributed by atoms with Crippen molar-refractivity contribution in [2.75, 3.05) is 0 Å². The number of nitrogens with zero attached hydrogens (tertiary/aromatic N) is 2. The number of nitro benzene ring substituents is 1. The molecule has 1 heterocycles. The molecule has 2 atom stereocenters. The summed E-state index contributed by atoms with van der Waals surface area (Å²) >= 11 is 6.01. The molecule has 1 saturated heterocycles. The smallest absolute Gasteiger partial charge is 0.269 e. The quantitative estimate of drug-likeness (QED) is 0.488. The van der Waals surface area contributed by atoms with Crippen LogP contribution in [0.2, 0.25) is 5.02 Å². The molecule has 1 aliphatic heterocycles. The van der Waals surface area contributed by atoms with E-state index in [9.17, 15) is 19.7 Å². The number of imide groups is 1. The molecule has 6 nitrogen and oxygen atoms in total. The van der Waals surface area contributed by atoms with Crippen LogP contribution in [0.15, 0.2) is 18.2 Å². The second-order valence-corrected chi connectivity index (χ2v) is 6.48. The lowest BCUT2D eigenvalue weighted by Crippen LogP contribution is -2.35. The average molecular weight is 309 g/mol. The second-order valence-electron chi connectivity index (χ2n) is 6.07. The third-order valence-electron chi connectivity index (χ3n) is 4.46. The first-order valence-electron chi connectivity index (χ1n) is 6.53. The van der Waals surface area contributed by atoms with E-state index in [-0.39, 0.29) is 41.3 Å². The van der Waals surface area contributed by atoms with Gasteiger partial charge in [0, 0.05) is 17.2 Å². The first-order valence-corrected chi connectivity index (χ1v) is 6.91. The van der Waals surface area contributed by atoms with Crippen molar-refractivity contribution in [3.05, 3.63) is 38.9 Å². The van der Waals surface area contributed by atoms with Crippen LogP contribution in [-0.4, -0.2) is 21.6 Å². The molecule has 0 radical (unpaired) electrons. The van der Waals surface area contributed by atoms with Gasteiger partial charge in [-0.05, 0) is 17.0 Å². The predicted molar refractivity (Wildman–Crippen MR) is 74.4 cm³/mol. The Labute approximate surface area is 125 Å². The highest BCUT2D eigenvalue weighted by molar-refractivity contribution is 6.31. The van der Waals surface area contributed by atoms with Gasteiger partial charge in [-0.25, -0.2) is 0 Å². The van der Waals surface area contributed by atoms with Crippen LogP contribution in [0.1, 0.15) is 19.4 Å². The molecule has 2 fully saturated rings. The van der Waals surface area contributed by atoms with Gasteiger partial charge in [-0.2, -0.15) is 0 Å². The number of hydrogen-bond donors (Lipinski definition) is 0. The Hall–Kier alpha value is -1.95. The predicted octanol–water partition coefficient (Wildman–Crippen LogP) is 2.39. The molecule has 2 aliphatic rings. The number of non-ortho nitro benzene ring substituents is 1. The number of carbonyl (C=O) groups excluding carboxylic acids is 2. The fourth-order valence-electron chi connectivity index (χ4n) is 3.13. The molecule has 2 amide bonds. The number of likely N-dealkylation sites (tertiary alicyclic amines) is 1. The SMILES string of the molecule is CC1(C)C2C(=O)N(Cc3cc([N+](=O)[O-])ccc3Cl)C(=O)C21. The lowest BCUT2D eigenvalue weighted by Gasteiger charge is -2.20. The third kappa shape index (κ3) is 1.93. The summed E-state index contributed by atoms with van der Waals surface area (Å²) in [5.74, 6) is -0.944. The Bertz CT molecular complexity index is 662. The monoisotopic (exact) mass is 308 g/mol. The molecule has 1 aromatic rings. The van der Waals surface area contributed by atoms with Gasteiger partial charge in [0.2, 0.25) is 11.8 Å². The first-order chi connectivity index (χ1) is 9.75. The highest BCUT2D eigenvalue weighted by Gasteiger charge is 2.72. The highest BCUT2D eigenvalue weighted by Crippen LogP contribution is 2.63. The van der Waals surface area contributed by atoms with E-state index in [2.05, 4.69) is 0 Å². The lowest BCUT2D eigenvalue weighted by molar-refractivity contribution is -0.384. The van der Waals surface area contributed by atoms with Crippen LogP contribution >= 0.6 is 11.6 Å². The largest absolute Gasteiger partial charge is 0.278 e. The summed E-state index contributed by atoms with van der Waals surface area (Å²) in [5, 5.41) is 11.1. The molecule has 7 heteroatoms. The summed E-state index contributed by atoms with van der Waals surface area (Å²) in [6.45, 7) is 3.78. The zero-order valence-electron chi connectivity index (χ0n) is 11.5. The van der Waals surface area contributed by atoms with E-state index in [4.69, 9.17) is 11.6 Å². The van der Waals surface area contributed by atoms with E-state index in [0.717, 1.165) is 4.90 Å². The van der Waals surface area contributed by atoms with Crippen LogP contribution in [0.4, 0.5) is 5.69 Å². The standard InChI is InChI=1S/C14H13ClN2O4/c1-14(2)10-11(14)13(19)16(12(10)18)6-7-5-8(17(20)21)3-4-9(7)15/h3-5,10-11H,6H2,1-2H3. The van der Waals surface area contributed by atoms with Crippen LogP contribution in [0.5, 0.6) is 0 Å². The number of piperidine rings is 1. The summed E-state index contributed by atoms with van der Waals surface area (Å²) in [5.41, 5.74) is 0.0302. The number of hydrogen-bond acceptors (Lipinski definition) is 4. The molecule has 1 aliphatic carbocycles. The summed E-state index contributed by atoms with van der Waals surface area (Å²) in [6, 6.07) is 4.00. The summed E-state index contributed by atoms with van der Waals surface area (Å²) < 4.78 is 0. The van der Waals surface area contributed by atoms with Crippen LogP contribution < -0.4 is 0 Å². The van der Waals surface area contributed by atoms with Gasteiger partial charge in [-0.3, -0.25) is 24.6 Å². The minimum atomic E-state index is -0.534. The van der Waals surface area contributed by atoms with E-state index in [0.29, 0.717) is 10.6 Å². The fourth-order valence-corrected chi connectivity index (χ4v) is 3.30. The van der Waals surface area contributed by atoms with Crippen molar-refractivity contribution in [3.63, 3.8) is 0 Å². The van der Waals surface area contributed by atoms with Crippen molar-refractivity contribution in [3.8, 4) is 0 Å². The number of rotatable bonds is 3. The molecular weight excluding hydrogens is 296 g/mol. The Morgan fingerprint density at radius 1 is 1.29 bits per heavy atom. The molecule has 1 aromatic carbocycles. The summed E-state index contributed by atoms with van der Waals surface area (Å²) in [4.78, 5) is 35.9. The molecular formula is C14H13ClN2O4. The molecule has 0 spiro atoms. The maximum Gasteiger partial charge on any atom is 0.269 e. The van der Waals surface area contributed by atoms with Gasteiger partial charge in [0.25, 0.3) is 5.69 Å². The minimum absolute atomic E-state index is 0.0126. The van der Waals surface area contributed by atoms with Crippen molar-refractivity contribution in [1.29, 1.82) is 0 Å². The molecule has 2 unspecified atom stereocenters. The van der Waals surface area contributed by atoms with Crippen molar-refractivity contribution in [1.82, 2.24) is 4.90 Å². The number of amides is 2. The first kappa shape index (κ1) is 14.0. The van der Waals surface area contributed by atoms with Crippen molar-refractivity contribution < 1.29 is 14.5 Å². The molecule has 1 saturated carbocycles. The average Bonchev–Trinajstić information content (AvgIpc) is 2.87. The molecule has 0 N–H and O–H groups in total. The lowest BCUT2D eigenvalue weighted by atomic mass is 10.0. The van der Waals surface area contributed by atoms with Gasteiger partial charge in [-0.1, -0.05) is 25.4 Å². The highest BCUT2D eigenvalue weighted by atomic mass is 35.5. The maximum absolute atomic E-state index is 12.2. The third-order valence-corrected chi connectivity index (χ3v) is 4.83. The summed E-state index contributed by atoms with van der Waals surface area (Å²) in [6.07, 6.45) is 0. The normalized spacial score (nSPS) is 26.0. The number of fused-ring (bicyclic) bond motifs is 1.